The predicted octanol–water partition coefficient (Wildman–Crippen LogP) is 16.0. The molecule has 0 amide bonds. The van der Waals surface area contributed by atoms with Gasteiger partial charge in [-0.1, -0.05) is 153 Å². The van der Waals surface area contributed by atoms with Crippen molar-refractivity contribution >= 4 is 0 Å². The molecule has 0 radical (unpaired) electrons. The maximum absolute atomic E-state index is 7.77. The number of aryl methyl sites for hydroxylation is 2. The number of unbranched alkanes of at least 4 members (excludes halogenated alkanes) is 2. The van der Waals surface area contributed by atoms with Crippen molar-refractivity contribution in [3.63, 3.8) is 0 Å². The zero-order chi connectivity index (χ0) is 36.8. The van der Waals surface area contributed by atoms with Gasteiger partial charge in [-0.25, -0.2) is 0 Å². The highest BCUT2D eigenvalue weighted by Gasteiger charge is 2.39. The van der Waals surface area contributed by atoms with E-state index in [0.29, 0.717) is 11.8 Å². The highest BCUT2D eigenvalue weighted by molar-refractivity contribution is 5.27. The SMILES string of the molecule is CCCC[C@H]1CC[C@H]([C@H]2CC[C@H](C(OC(c3ccc(CCC)cc3)[C@H]3CC[C@H]([C@H]4CC[C@H](CCCC)CC4)CC3)c3ccc(CCC)cc3)CC2)CC1. The van der Waals surface area contributed by atoms with Crippen molar-refractivity contribution < 1.29 is 4.74 Å². The van der Waals surface area contributed by atoms with E-state index in [0.717, 1.165) is 35.5 Å². The van der Waals surface area contributed by atoms with Crippen LogP contribution in [0.1, 0.15) is 216 Å². The number of benzene rings is 2. The van der Waals surface area contributed by atoms with Gasteiger partial charge in [0.15, 0.2) is 0 Å². The Balaban J connectivity index is 1.15. The summed E-state index contributed by atoms with van der Waals surface area (Å²) in [6.45, 7) is 9.33. The Morgan fingerprint density at radius 1 is 0.415 bits per heavy atom. The van der Waals surface area contributed by atoms with Crippen molar-refractivity contribution in [1.29, 1.82) is 0 Å². The number of ether oxygens (including phenoxy) is 1. The van der Waals surface area contributed by atoms with Crippen LogP contribution in [0.15, 0.2) is 48.5 Å². The summed E-state index contributed by atoms with van der Waals surface area (Å²) in [6, 6.07) is 19.6. The summed E-state index contributed by atoms with van der Waals surface area (Å²) >= 11 is 0. The third-order valence-corrected chi connectivity index (χ3v) is 15.5. The van der Waals surface area contributed by atoms with Gasteiger partial charge in [-0.15, -0.1) is 0 Å². The van der Waals surface area contributed by atoms with Gasteiger partial charge in [-0.05, 0) is 159 Å². The average molecular weight is 723 g/mol. The van der Waals surface area contributed by atoms with E-state index in [1.54, 1.807) is 0 Å². The molecular weight excluding hydrogens is 641 g/mol. The predicted molar refractivity (Wildman–Crippen MR) is 228 cm³/mol. The fraction of sp³-hybridized carbons (Fsp3) is 0.769. The maximum Gasteiger partial charge on any atom is 0.0861 e. The molecule has 0 heterocycles. The first-order chi connectivity index (χ1) is 26.1. The van der Waals surface area contributed by atoms with E-state index >= 15 is 0 Å². The van der Waals surface area contributed by atoms with Crippen LogP contribution in [0.5, 0.6) is 0 Å². The molecule has 4 fully saturated rings. The standard InChI is InChI=1S/C52H82O/c1-5-9-13-41-15-23-43(24-16-41)45-31-35-49(36-32-45)51(47-27-19-39(11-7-3)20-28-47)53-52(48-29-21-40(12-8-4)22-30-48)50-37-33-46(34-38-50)44-25-17-42(18-26-44)14-10-6-2/h19-22,27-30,41-46,49-52H,5-18,23-26,31-38H2,1-4H3/t41-,42-,43-,44-,45-,46-,49-,50-,51?,52?. The lowest BCUT2D eigenvalue weighted by Crippen LogP contribution is -2.31. The van der Waals surface area contributed by atoms with Crippen molar-refractivity contribution in [1.82, 2.24) is 0 Å². The van der Waals surface area contributed by atoms with Crippen LogP contribution in [0.3, 0.4) is 0 Å². The van der Waals surface area contributed by atoms with Gasteiger partial charge in [0.1, 0.15) is 0 Å². The van der Waals surface area contributed by atoms with E-state index in [1.165, 1.54) is 189 Å². The van der Waals surface area contributed by atoms with Crippen LogP contribution in [0.4, 0.5) is 0 Å². The maximum atomic E-state index is 7.77. The Hall–Kier alpha value is -1.60. The molecule has 0 aromatic heterocycles. The first kappa shape index (κ1) is 41.0. The molecule has 0 N–H and O–H groups in total. The summed E-state index contributed by atoms with van der Waals surface area (Å²) in [6.07, 6.45) is 36.8. The second-order valence-corrected chi connectivity index (χ2v) is 19.2. The molecule has 2 atom stereocenters. The smallest absolute Gasteiger partial charge is 0.0861 e. The number of hydrogen-bond donors (Lipinski definition) is 0. The molecule has 0 spiro atoms. The van der Waals surface area contributed by atoms with Gasteiger partial charge in [-0.3, -0.25) is 0 Å². The Bertz CT molecular complexity index is 1150. The highest BCUT2D eigenvalue weighted by atomic mass is 16.5. The van der Waals surface area contributed by atoms with E-state index in [2.05, 4.69) is 76.2 Å². The molecule has 1 heteroatoms. The Labute approximate surface area is 328 Å². The molecule has 0 aliphatic heterocycles. The van der Waals surface area contributed by atoms with E-state index in [4.69, 9.17) is 4.74 Å². The molecule has 2 unspecified atom stereocenters. The first-order valence-corrected chi connectivity index (χ1v) is 23.9. The number of rotatable bonds is 18. The van der Waals surface area contributed by atoms with Gasteiger partial charge in [0.05, 0.1) is 12.2 Å². The fourth-order valence-corrected chi connectivity index (χ4v) is 12.1. The van der Waals surface area contributed by atoms with E-state index in [1.807, 2.05) is 0 Å². The van der Waals surface area contributed by atoms with Crippen LogP contribution in [0.2, 0.25) is 0 Å². The van der Waals surface area contributed by atoms with Crippen LogP contribution in [0, 0.1) is 47.3 Å². The molecule has 2 aromatic carbocycles. The summed E-state index contributed by atoms with van der Waals surface area (Å²) in [5.74, 6) is 7.16. The average Bonchev–Trinajstić information content (AvgIpc) is 3.21. The summed E-state index contributed by atoms with van der Waals surface area (Å²) in [5.41, 5.74) is 5.86. The van der Waals surface area contributed by atoms with Crippen molar-refractivity contribution in [3.8, 4) is 0 Å². The first-order valence-electron chi connectivity index (χ1n) is 23.9. The Morgan fingerprint density at radius 2 is 0.736 bits per heavy atom. The monoisotopic (exact) mass is 723 g/mol. The minimum Gasteiger partial charge on any atom is -0.365 e. The van der Waals surface area contributed by atoms with Crippen molar-refractivity contribution in [3.05, 3.63) is 70.8 Å². The van der Waals surface area contributed by atoms with Crippen molar-refractivity contribution in [2.75, 3.05) is 0 Å². The molecule has 296 valence electrons. The van der Waals surface area contributed by atoms with Gasteiger partial charge in [0.2, 0.25) is 0 Å². The van der Waals surface area contributed by atoms with Crippen molar-refractivity contribution in [2.24, 2.45) is 47.3 Å². The molecule has 0 saturated heterocycles. The lowest BCUT2D eigenvalue weighted by atomic mass is 9.67. The van der Waals surface area contributed by atoms with Gasteiger partial charge in [-0.2, -0.15) is 0 Å². The van der Waals surface area contributed by atoms with Crippen LogP contribution in [0.25, 0.3) is 0 Å². The molecule has 6 rings (SSSR count). The fourth-order valence-electron chi connectivity index (χ4n) is 12.1. The Kier molecular flexibility index (Phi) is 16.8. The lowest BCUT2D eigenvalue weighted by Gasteiger charge is -2.43. The molecule has 4 aliphatic rings. The normalized spacial score (nSPS) is 30.9. The zero-order valence-corrected chi connectivity index (χ0v) is 35.2. The summed E-state index contributed by atoms with van der Waals surface area (Å²) in [4.78, 5) is 0. The van der Waals surface area contributed by atoms with Gasteiger partial charge in [0, 0.05) is 0 Å². The summed E-state index contributed by atoms with van der Waals surface area (Å²) < 4.78 is 7.77. The minimum absolute atomic E-state index is 0.202. The van der Waals surface area contributed by atoms with Gasteiger partial charge < -0.3 is 4.74 Å². The lowest BCUT2D eigenvalue weighted by molar-refractivity contribution is -0.0934. The second kappa shape index (κ2) is 21.6. The zero-order valence-electron chi connectivity index (χ0n) is 35.2. The second-order valence-electron chi connectivity index (χ2n) is 19.2. The third kappa shape index (κ3) is 11.7. The van der Waals surface area contributed by atoms with E-state index < -0.39 is 0 Å². The van der Waals surface area contributed by atoms with Crippen LogP contribution < -0.4 is 0 Å². The molecule has 2 aromatic rings. The van der Waals surface area contributed by atoms with E-state index in [-0.39, 0.29) is 12.2 Å². The van der Waals surface area contributed by atoms with Gasteiger partial charge >= 0.3 is 0 Å². The topological polar surface area (TPSA) is 9.23 Å². The van der Waals surface area contributed by atoms with Gasteiger partial charge in [0.25, 0.3) is 0 Å². The largest absolute Gasteiger partial charge is 0.365 e. The van der Waals surface area contributed by atoms with Crippen LogP contribution >= 0.6 is 0 Å². The highest BCUT2D eigenvalue weighted by Crippen LogP contribution is 2.50. The molecule has 53 heavy (non-hydrogen) atoms. The van der Waals surface area contributed by atoms with E-state index in [9.17, 15) is 0 Å². The summed E-state index contributed by atoms with van der Waals surface area (Å²) in [7, 11) is 0. The van der Waals surface area contributed by atoms with Crippen LogP contribution in [-0.2, 0) is 17.6 Å². The van der Waals surface area contributed by atoms with Crippen molar-refractivity contribution in [2.45, 2.75) is 207 Å². The molecular formula is C52H82O. The van der Waals surface area contributed by atoms with Crippen LogP contribution in [-0.4, -0.2) is 0 Å². The molecule has 4 saturated carbocycles. The minimum atomic E-state index is 0.202. The Morgan fingerprint density at radius 3 is 1.04 bits per heavy atom. The third-order valence-electron chi connectivity index (χ3n) is 15.5. The molecule has 0 bridgehead atoms. The molecule has 1 nitrogen and oxygen atoms in total. The quantitative estimate of drug-likeness (QED) is 0.149. The number of hydrogen-bond acceptors (Lipinski definition) is 1. The summed E-state index contributed by atoms with van der Waals surface area (Å²) in [5, 5.41) is 0. The molecule has 4 aliphatic carbocycles.